The molecular formula is C15H24O. The largest absolute Gasteiger partial charge is 0.303 e. The average molecular weight is 220 g/mol. The lowest BCUT2D eigenvalue weighted by Gasteiger charge is -2.18. The second kappa shape index (κ2) is 8.32. The van der Waals surface area contributed by atoms with Crippen LogP contribution >= 0.6 is 0 Å². The molecule has 0 radical (unpaired) electrons. The Labute approximate surface area is 99.6 Å². The molecule has 0 aromatic heterocycles. The van der Waals surface area contributed by atoms with E-state index in [2.05, 4.69) is 31.2 Å². The monoisotopic (exact) mass is 220 g/mol. The summed E-state index contributed by atoms with van der Waals surface area (Å²) >= 11 is 0. The van der Waals surface area contributed by atoms with Crippen LogP contribution in [0.25, 0.3) is 0 Å². The number of aldehydes is 1. The predicted octanol–water partition coefficient (Wildman–Crippen LogP) is 4.29. The summed E-state index contributed by atoms with van der Waals surface area (Å²) in [6.45, 7) is 2.06. The lowest BCUT2D eigenvalue weighted by molar-refractivity contribution is -0.112. The molecule has 2 atom stereocenters. The van der Waals surface area contributed by atoms with Crippen LogP contribution in [0.2, 0.25) is 0 Å². The number of allylic oxidation sites excluding steroid dienone is 4. The molecular weight excluding hydrogens is 196 g/mol. The molecule has 0 aliphatic heterocycles. The van der Waals surface area contributed by atoms with E-state index in [9.17, 15) is 4.79 Å². The fourth-order valence-electron chi connectivity index (χ4n) is 2.25. The molecule has 0 saturated heterocycles. The van der Waals surface area contributed by atoms with Gasteiger partial charge >= 0.3 is 0 Å². The fourth-order valence-corrected chi connectivity index (χ4v) is 2.25. The number of hydrogen-bond acceptors (Lipinski definition) is 1. The standard InChI is InChI=1S/C15H24O/c1-14(13-16)15-11-9-7-5-3-2-4-6-8-10-12-15/h3,5-6,8,13-15H,2,4,7,9-12H2,1H3/b5-3-,8-6-. The van der Waals surface area contributed by atoms with Crippen molar-refractivity contribution in [2.75, 3.05) is 0 Å². The highest BCUT2D eigenvalue weighted by molar-refractivity contribution is 5.53. The zero-order valence-electron chi connectivity index (χ0n) is 10.4. The third kappa shape index (κ3) is 5.29. The van der Waals surface area contributed by atoms with Gasteiger partial charge in [0.1, 0.15) is 6.29 Å². The fraction of sp³-hybridized carbons (Fsp3) is 0.667. The number of carbonyl (C=O) groups excluding carboxylic acids is 1. The topological polar surface area (TPSA) is 17.1 Å². The van der Waals surface area contributed by atoms with E-state index in [1.165, 1.54) is 32.1 Å². The molecule has 16 heavy (non-hydrogen) atoms. The van der Waals surface area contributed by atoms with Crippen LogP contribution in [0.15, 0.2) is 24.3 Å². The van der Waals surface area contributed by atoms with Crippen molar-refractivity contribution in [3.63, 3.8) is 0 Å². The Hall–Kier alpha value is -0.850. The molecule has 1 aliphatic rings. The maximum absolute atomic E-state index is 10.8. The summed E-state index contributed by atoms with van der Waals surface area (Å²) < 4.78 is 0. The summed E-state index contributed by atoms with van der Waals surface area (Å²) in [6.07, 6.45) is 18.5. The van der Waals surface area contributed by atoms with Crippen LogP contribution in [0.3, 0.4) is 0 Å². The predicted molar refractivity (Wildman–Crippen MR) is 69.3 cm³/mol. The molecule has 0 aromatic carbocycles. The first-order valence-electron chi connectivity index (χ1n) is 6.60. The second-order valence-corrected chi connectivity index (χ2v) is 4.78. The minimum atomic E-state index is 0.223. The summed E-state index contributed by atoms with van der Waals surface area (Å²) in [4.78, 5) is 10.8. The van der Waals surface area contributed by atoms with Crippen molar-refractivity contribution in [2.45, 2.75) is 51.9 Å². The van der Waals surface area contributed by atoms with Crippen LogP contribution in [0.5, 0.6) is 0 Å². The van der Waals surface area contributed by atoms with E-state index in [0.29, 0.717) is 5.92 Å². The zero-order chi connectivity index (χ0) is 11.6. The lowest BCUT2D eigenvalue weighted by Crippen LogP contribution is -2.13. The second-order valence-electron chi connectivity index (χ2n) is 4.78. The molecule has 0 fully saturated rings. The Bertz CT molecular complexity index is 240. The summed E-state index contributed by atoms with van der Waals surface area (Å²) in [7, 11) is 0. The van der Waals surface area contributed by atoms with Gasteiger partial charge in [0.05, 0.1) is 0 Å². The Kier molecular flexibility index (Phi) is 6.87. The Balaban J connectivity index is 2.47. The van der Waals surface area contributed by atoms with Crippen molar-refractivity contribution in [1.82, 2.24) is 0 Å². The summed E-state index contributed by atoms with van der Waals surface area (Å²) in [6, 6.07) is 0. The third-order valence-corrected chi connectivity index (χ3v) is 3.44. The molecule has 90 valence electrons. The van der Waals surface area contributed by atoms with E-state index in [0.717, 1.165) is 19.1 Å². The van der Waals surface area contributed by atoms with Crippen LogP contribution in [-0.2, 0) is 4.79 Å². The van der Waals surface area contributed by atoms with Crippen molar-refractivity contribution in [1.29, 1.82) is 0 Å². The first-order chi connectivity index (χ1) is 7.84. The first kappa shape index (κ1) is 13.2. The van der Waals surface area contributed by atoms with E-state index in [-0.39, 0.29) is 5.92 Å². The smallest absolute Gasteiger partial charge is 0.123 e. The zero-order valence-corrected chi connectivity index (χ0v) is 10.4. The van der Waals surface area contributed by atoms with Crippen LogP contribution in [0.1, 0.15) is 51.9 Å². The molecule has 0 spiro atoms. The van der Waals surface area contributed by atoms with Gasteiger partial charge in [0.15, 0.2) is 0 Å². The molecule has 0 bridgehead atoms. The van der Waals surface area contributed by atoms with Crippen molar-refractivity contribution in [3.05, 3.63) is 24.3 Å². The van der Waals surface area contributed by atoms with Gasteiger partial charge in [-0.3, -0.25) is 0 Å². The molecule has 0 aromatic rings. The van der Waals surface area contributed by atoms with E-state index in [4.69, 9.17) is 0 Å². The summed E-state index contributed by atoms with van der Waals surface area (Å²) in [5.41, 5.74) is 0. The van der Waals surface area contributed by atoms with Crippen molar-refractivity contribution in [3.8, 4) is 0 Å². The first-order valence-corrected chi connectivity index (χ1v) is 6.60. The van der Waals surface area contributed by atoms with Crippen molar-refractivity contribution in [2.24, 2.45) is 11.8 Å². The molecule has 0 N–H and O–H groups in total. The Morgan fingerprint density at radius 1 is 1.00 bits per heavy atom. The minimum absolute atomic E-state index is 0.223. The van der Waals surface area contributed by atoms with Crippen molar-refractivity contribution >= 4 is 6.29 Å². The minimum Gasteiger partial charge on any atom is -0.303 e. The normalized spacial score (nSPS) is 29.4. The number of hydrogen-bond donors (Lipinski definition) is 0. The maximum Gasteiger partial charge on any atom is 0.123 e. The number of carbonyl (C=O) groups is 1. The molecule has 1 heteroatoms. The SMILES string of the molecule is CC(C=O)C1CC/C=C\CC/C=C\CCC1. The van der Waals surface area contributed by atoms with Crippen molar-refractivity contribution < 1.29 is 4.79 Å². The lowest BCUT2D eigenvalue weighted by atomic mass is 9.86. The maximum atomic E-state index is 10.8. The van der Waals surface area contributed by atoms with Gasteiger partial charge in [0, 0.05) is 5.92 Å². The third-order valence-electron chi connectivity index (χ3n) is 3.44. The van der Waals surface area contributed by atoms with Gasteiger partial charge in [0.25, 0.3) is 0 Å². The highest BCUT2D eigenvalue weighted by Gasteiger charge is 2.15. The molecule has 0 saturated carbocycles. The van der Waals surface area contributed by atoms with E-state index in [1.54, 1.807) is 0 Å². The molecule has 2 unspecified atom stereocenters. The summed E-state index contributed by atoms with van der Waals surface area (Å²) in [5.74, 6) is 0.801. The molecule has 1 rings (SSSR count). The van der Waals surface area contributed by atoms with Gasteiger partial charge in [-0.25, -0.2) is 0 Å². The summed E-state index contributed by atoms with van der Waals surface area (Å²) in [5, 5.41) is 0. The Morgan fingerprint density at radius 2 is 1.62 bits per heavy atom. The van der Waals surface area contributed by atoms with Crippen LogP contribution in [0.4, 0.5) is 0 Å². The van der Waals surface area contributed by atoms with Crippen LogP contribution in [0, 0.1) is 11.8 Å². The average Bonchev–Trinajstić information content (AvgIpc) is 2.29. The molecule has 0 amide bonds. The molecule has 1 nitrogen and oxygen atoms in total. The highest BCUT2D eigenvalue weighted by atomic mass is 16.1. The van der Waals surface area contributed by atoms with E-state index in [1.807, 2.05) is 0 Å². The van der Waals surface area contributed by atoms with E-state index >= 15 is 0 Å². The van der Waals surface area contributed by atoms with Crippen LogP contribution < -0.4 is 0 Å². The van der Waals surface area contributed by atoms with Gasteiger partial charge in [0.2, 0.25) is 0 Å². The van der Waals surface area contributed by atoms with Gasteiger partial charge in [-0.2, -0.15) is 0 Å². The van der Waals surface area contributed by atoms with E-state index < -0.39 is 0 Å². The van der Waals surface area contributed by atoms with Gasteiger partial charge < -0.3 is 4.79 Å². The van der Waals surface area contributed by atoms with Gasteiger partial charge in [-0.05, 0) is 50.9 Å². The number of rotatable bonds is 2. The molecule has 1 aliphatic carbocycles. The van der Waals surface area contributed by atoms with Gasteiger partial charge in [-0.1, -0.05) is 31.2 Å². The highest BCUT2D eigenvalue weighted by Crippen LogP contribution is 2.23. The van der Waals surface area contributed by atoms with Crippen LogP contribution in [-0.4, -0.2) is 6.29 Å². The molecule has 0 heterocycles. The van der Waals surface area contributed by atoms with Gasteiger partial charge in [-0.15, -0.1) is 0 Å². The Morgan fingerprint density at radius 3 is 2.31 bits per heavy atom. The quantitative estimate of drug-likeness (QED) is 0.501.